The lowest BCUT2D eigenvalue weighted by molar-refractivity contribution is 0.556. The number of hydrogen-bond donors (Lipinski definition) is 2. The summed E-state index contributed by atoms with van der Waals surface area (Å²) in [6.45, 7) is 1.65. The molecule has 0 aliphatic heterocycles. The number of nitrogens with one attached hydrogen (secondary N) is 1. The van der Waals surface area contributed by atoms with E-state index in [4.69, 9.17) is 28.9 Å². The molecule has 1 aliphatic rings. The Morgan fingerprint density at radius 3 is 2.27 bits per heavy atom. The number of nitrogens with two attached hydrogens (primary N) is 1. The molecule has 0 heterocycles. The lowest BCUT2D eigenvalue weighted by Crippen LogP contribution is -2.24. The van der Waals surface area contributed by atoms with Gasteiger partial charge in [0.1, 0.15) is 0 Å². The van der Waals surface area contributed by atoms with Crippen molar-refractivity contribution in [3.63, 3.8) is 0 Å². The minimum Gasteiger partial charge on any atom is -0.384 e. The van der Waals surface area contributed by atoms with Crippen molar-refractivity contribution in [2.75, 3.05) is 18.4 Å². The third kappa shape index (κ3) is 2.77. The van der Waals surface area contributed by atoms with Crippen molar-refractivity contribution >= 4 is 28.9 Å². The van der Waals surface area contributed by atoms with Crippen molar-refractivity contribution in [2.24, 2.45) is 11.1 Å². The van der Waals surface area contributed by atoms with Gasteiger partial charge < -0.3 is 11.1 Å². The summed E-state index contributed by atoms with van der Waals surface area (Å²) < 4.78 is 0. The van der Waals surface area contributed by atoms with E-state index in [0.717, 1.165) is 18.8 Å². The van der Waals surface area contributed by atoms with Gasteiger partial charge in [0.2, 0.25) is 0 Å². The molecule has 2 nitrogen and oxygen atoms in total. The zero-order valence-corrected chi connectivity index (χ0v) is 9.91. The predicted octanol–water partition coefficient (Wildman–Crippen LogP) is 3.14. The van der Waals surface area contributed by atoms with Crippen molar-refractivity contribution in [3.05, 3.63) is 28.2 Å². The summed E-state index contributed by atoms with van der Waals surface area (Å²) in [6.07, 6.45) is 2.43. The van der Waals surface area contributed by atoms with E-state index in [1.807, 2.05) is 12.1 Å². The smallest absolute Gasteiger partial charge is 0.0441 e. The molecular formula is C11H14Cl2N2. The van der Waals surface area contributed by atoms with Crippen LogP contribution in [0.15, 0.2) is 18.2 Å². The van der Waals surface area contributed by atoms with Crippen LogP contribution in [0.2, 0.25) is 10.0 Å². The fraction of sp³-hybridized carbons (Fsp3) is 0.455. The van der Waals surface area contributed by atoms with Gasteiger partial charge in [-0.15, -0.1) is 0 Å². The lowest BCUT2D eigenvalue weighted by atomic mass is 10.1. The normalized spacial score (nSPS) is 17.5. The highest BCUT2D eigenvalue weighted by atomic mass is 35.5. The predicted molar refractivity (Wildman–Crippen MR) is 65.7 cm³/mol. The van der Waals surface area contributed by atoms with Crippen molar-refractivity contribution in [3.8, 4) is 0 Å². The van der Waals surface area contributed by atoms with E-state index in [1.165, 1.54) is 12.8 Å². The number of hydrogen-bond acceptors (Lipinski definition) is 2. The summed E-state index contributed by atoms with van der Waals surface area (Å²) in [4.78, 5) is 0. The summed E-state index contributed by atoms with van der Waals surface area (Å²) in [5.74, 6) is 0. The molecule has 82 valence electrons. The van der Waals surface area contributed by atoms with E-state index in [9.17, 15) is 0 Å². The molecule has 1 aliphatic carbocycles. The monoisotopic (exact) mass is 244 g/mol. The van der Waals surface area contributed by atoms with Crippen LogP contribution in [-0.4, -0.2) is 13.1 Å². The first-order valence-corrected chi connectivity index (χ1v) is 5.79. The molecule has 0 aromatic heterocycles. The average molecular weight is 245 g/mol. The fourth-order valence-electron chi connectivity index (χ4n) is 1.58. The summed E-state index contributed by atoms with van der Waals surface area (Å²) in [5, 5.41) is 4.64. The second-order valence-electron chi connectivity index (χ2n) is 4.22. The van der Waals surface area contributed by atoms with E-state index in [0.29, 0.717) is 15.5 Å². The Morgan fingerprint density at radius 1 is 1.20 bits per heavy atom. The first-order chi connectivity index (χ1) is 7.13. The molecule has 1 aromatic carbocycles. The SMILES string of the molecule is NCC1(CNc2cc(Cl)cc(Cl)c2)CC1. The molecule has 1 fully saturated rings. The summed E-state index contributed by atoms with van der Waals surface area (Å²) in [6, 6.07) is 5.48. The highest BCUT2D eigenvalue weighted by Crippen LogP contribution is 2.44. The number of benzene rings is 1. The first kappa shape index (κ1) is 11.1. The first-order valence-electron chi connectivity index (χ1n) is 5.04. The second-order valence-corrected chi connectivity index (χ2v) is 5.09. The second kappa shape index (κ2) is 4.20. The number of rotatable bonds is 4. The Morgan fingerprint density at radius 2 is 1.80 bits per heavy atom. The van der Waals surface area contributed by atoms with Crippen LogP contribution in [0.3, 0.4) is 0 Å². The third-order valence-corrected chi connectivity index (χ3v) is 3.36. The number of halogens is 2. The maximum atomic E-state index is 5.90. The van der Waals surface area contributed by atoms with Gasteiger partial charge in [-0.1, -0.05) is 23.2 Å². The van der Waals surface area contributed by atoms with Crippen LogP contribution in [0.1, 0.15) is 12.8 Å². The molecule has 15 heavy (non-hydrogen) atoms. The largest absolute Gasteiger partial charge is 0.384 e. The molecule has 0 unspecified atom stereocenters. The van der Waals surface area contributed by atoms with Crippen LogP contribution in [-0.2, 0) is 0 Å². The molecule has 0 spiro atoms. The molecule has 0 radical (unpaired) electrons. The lowest BCUT2D eigenvalue weighted by Gasteiger charge is -2.14. The van der Waals surface area contributed by atoms with Crippen molar-refractivity contribution in [1.29, 1.82) is 0 Å². The molecule has 4 heteroatoms. The average Bonchev–Trinajstić information content (AvgIpc) is 2.94. The van der Waals surface area contributed by atoms with Crippen molar-refractivity contribution < 1.29 is 0 Å². The molecule has 0 amide bonds. The standard InChI is InChI=1S/C11H14Cl2N2/c12-8-3-9(13)5-10(4-8)15-7-11(6-14)1-2-11/h3-5,15H,1-2,6-7,14H2. The maximum absolute atomic E-state index is 5.90. The van der Waals surface area contributed by atoms with Crippen LogP contribution >= 0.6 is 23.2 Å². The van der Waals surface area contributed by atoms with E-state index in [2.05, 4.69) is 5.32 Å². The van der Waals surface area contributed by atoms with Gasteiger partial charge in [-0.05, 0) is 43.0 Å². The molecule has 3 N–H and O–H groups in total. The van der Waals surface area contributed by atoms with Gasteiger partial charge in [0.05, 0.1) is 0 Å². The van der Waals surface area contributed by atoms with Gasteiger partial charge in [0, 0.05) is 22.3 Å². The van der Waals surface area contributed by atoms with Crippen molar-refractivity contribution in [2.45, 2.75) is 12.8 Å². The fourth-order valence-corrected chi connectivity index (χ4v) is 2.10. The Bertz CT molecular complexity index is 341. The van der Waals surface area contributed by atoms with Crippen molar-refractivity contribution in [1.82, 2.24) is 0 Å². The Labute approximate surface area is 99.7 Å². The van der Waals surface area contributed by atoms with Gasteiger partial charge in [0.25, 0.3) is 0 Å². The zero-order valence-electron chi connectivity index (χ0n) is 8.39. The van der Waals surface area contributed by atoms with Gasteiger partial charge in [-0.25, -0.2) is 0 Å². The van der Waals surface area contributed by atoms with E-state index >= 15 is 0 Å². The molecular weight excluding hydrogens is 231 g/mol. The van der Waals surface area contributed by atoms with Crippen LogP contribution in [0, 0.1) is 5.41 Å². The summed E-state index contributed by atoms with van der Waals surface area (Å²) in [5.41, 5.74) is 6.98. The Hall–Kier alpha value is -0.440. The van der Waals surface area contributed by atoms with E-state index < -0.39 is 0 Å². The molecule has 1 saturated carbocycles. The molecule has 2 rings (SSSR count). The quantitative estimate of drug-likeness (QED) is 0.855. The zero-order chi connectivity index (χ0) is 10.9. The highest BCUT2D eigenvalue weighted by Gasteiger charge is 2.40. The van der Waals surface area contributed by atoms with Gasteiger partial charge in [-0.2, -0.15) is 0 Å². The molecule has 0 atom stereocenters. The summed E-state index contributed by atoms with van der Waals surface area (Å²) in [7, 11) is 0. The Kier molecular flexibility index (Phi) is 3.10. The highest BCUT2D eigenvalue weighted by molar-refractivity contribution is 6.35. The molecule has 0 bridgehead atoms. The van der Waals surface area contributed by atoms with Gasteiger partial charge in [0.15, 0.2) is 0 Å². The minimum atomic E-state index is 0.314. The number of anilines is 1. The Balaban J connectivity index is 1.99. The van der Waals surface area contributed by atoms with E-state index in [-0.39, 0.29) is 0 Å². The van der Waals surface area contributed by atoms with Crippen LogP contribution < -0.4 is 11.1 Å². The minimum absolute atomic E-state index is 0.314. The van der Waals surface area contributed by atoms with Crippen LogP contribution in [0.4, 0.5) is 5.69 Å². The van der Waals surface area contributed by atoms with Gasteiger partial charge >= 0.3 is 0 Å². The van der Waals surface area contributed by atoms with E-state index in [1.54, 1.807) is 6.07 Å². The third-order valence-electron chi connectivity index (χ3n) is 2.92. The van der Waals surface area contributed by atoms with Crippen LogP contribution in [0.5, 0.6) is 0 Å². The topological polar surface area (TPSA) is 38.0 Å². The molecule has 0 saturated heterocycles. The van der Waals surface area contributed by atoms with Crippen LogP contribution in [0.25, 0.3) is 0 Å². The van der Waals surface area contributed by atoms with Gasteiger partial charge in [-0.3, -0.25) is 0 Å². The maximum Gasteiger partial charge on any atom is 0.0441 e. The molecule has 1 aromatic rings. The summed E-state index contributed by atoms with van der Waals surface area (Å²) >= 11 is 11.8.